The molecule has 0 aliphatic heterocycles. The quantitative estimate of drug-likeness (QED) is 0.280. The number of benzene rings is 2. The van der Waals surface area contributed by atoms with E-state index >= 15 is 0 Å². The number of hydrogen-bond donors (Lipinski definition) is 2. The van der Waals surface area contributed by atoms with Crippen LogP contribution in [0.15, 0.2) is 59.6 Å². The molecular formula is C23H34IN3O2. The van der Waals surface area contributed by atoms with Crippen LogP contribution in [0.2, 0.25) is 0 Å². The van der Waals surface area contributed by atoms with E-state index in [0.717, 1.165) is 18.1 Å². The predicted octanol–water partition coefficient (Wildman–Crippen LogP) is 4.50. The second-order valence-electron chi connectivity index (χ2n) is 7.26. The average molecular weight is 511 g/mol. The lowest BCUT2D eigenvalue weighted by Crippen LogP contribution is -2.45. The second kappa shape index (κ2) is 13.6. The van der Waals surface area contributed by atoms with E-state index in [9.17, 15) is 0 Å². The SMILES string of the molecule is CCNC(=NCc1ccccc1COCc1ccccc1)NCC(C)(C)OC.I. The number of methoxy groups -OCH3 is 1. The van der Waals surface area contributed by atoms with Crippen LogP contribution in [-0.2, 0) is 29.2 Å². The molecule has 5 nitrogen and oxygen atoms in total. The van der Waals surface area contributed by atoms with E-state index in [-0.39, 0.29) is 29.6 Å². The Balaban J connectivity index is 0.00000420. The number of nitrogens with zero attached hydrogens (tertiary/aromatic N) is 1. The van der Waals surface area contributed by atoms with E-state index in [1.165, 1.54) is 11.1 Å². The van der Waals surface area contributed by atoms with Crippen LogP contribution in [0.3, 0.4) is 0 Å². The van der Waals surface area contributed by atoms with Gasteiger partial charge in [-0.25, -0.2) is 4.99 Å². The van der Waals surface area contributed by atoms with Crippen LogP contribution in [0.1, 0.15) is 37.5 Å². The van der Waals surface area contributed by atoms with Crippen molar-refractivity contribution in [2.45, 2.75) is 46.1 Å². The molecule has 2 N–H and O–H groups in total. The summed E-state index contributed by atoms with van der Waals surface area (Å²) < 4.78 is 11.4. The third kappa shape index (κ3) is 9.60. The smallest absolute Gasteiger partial charge is 0.191 e. The van der Waals surface area contributed by atoms with Crippen LogP contribution in [0.25, 0.3) is 0 Å². The number of aliphatic imine (C=N–C) groups is 1. The lowest BCUT2D eigenvalue weighted by Gasteiger charge is -2.24. The van der Waals surface area contributed by atoms with Gasteiger partial charge in [0.25, 0.3) is 0 Å². The van der Waals surface area contributed by atoms with E-state index in [1.54, 1.807) is 7.11 Å². The molecule has 0 atom stereocenters. The van der Waals surface area contributed by atoms with Gasteiger partial charge >= 0.3 is 0 Å². The Morgan fingerprint density at radius 2 is 1.59 bits per heavy atom. The summed E-state index contributed by atoms with van der Waals surface area (Å²) in [6, 6.07) is 18.5. The minimum atomic E-state index is -0.251. The molecule has 29 heavy (non-hydrogen) atoms. The van der Waals surface area contributed by atoms with Crippen LogP contribution in [0.5, 0.6) is 0 Å². The first-order valence-corrected chi connectivity index (χ1v) is 9.80. The Bertz CT molecular complexity index is 736. The molecule has 0 fully saturated rings. The van der Waals surface area contributed by atoms with Gasteiger partial charge in [0, 0.05) is 20.2 Å². The molecule has 0 saturated carbocycles. The number of nitrogens with one attached hydrogen (secondary N) is 2. The van der Waals surface area contributed by atoms with Crippen molar-refractivity contribution in [2.75, 3.05) is 20.2 Å². The molecule has 0 radical (unpaired) electrons. The summed E-state index contributed by atoms with van der Waals surface area (Å²) in [4.78, 5) is 4.73. The zero-order chi connectivity index (χ0) is 20.2. The second-order valence-corrected chi connectivity index (χ2v) is 7.26. The summed E-state index contributed by atoms with van der Waals surface area (Å²) in [5.74, 6) is 0.785. The molecule has 0 aliphatic rings. The molecule has 160 valence electrons. The van der Waals surface area contributed by atoms with E-state index in [0.29, 0.717) is 26.3 Å². The fraction of sp³-hybridized carbons (Fsp3) is 0.435. The van der Waals surface area contributed by atoms with Crippen LogP contribution >= 0.6 is 24.0 Å². The number of ether oxygens (including phenoxy) is 2. The maximum atomic E-state index is 5.91. The molecule has 0 aliphatic carbocycles. The lowest BCUT2D eigenvalue weighted by molar-refractivity contribution is 0.0268. The minimum Gasteiger partial charge on any atom is -0.377 e. The fourth-order valence-electron chi connectivity index (χ4n) is 2.58. The molecule has 2 aromatic carbocycles. The number of guanidine groups is 1. The maximum absolute atomic E-state index is 5.91. The Kier molecular flexibility index (Phi) is 11.9. The molecule has 0 saturated heterocycles. The first-order chi connectivity index (χ1) is 13.5. The Morgan fingerprint density at radius 3 is 2.24 bits per heavy atom. The zero-order valence-electron chi connectivity index (χ0n) is 17.9. The Morgan fingerprint density at radius 1 is 0.931 bits per heavy atom. The molecule has 0 bridgehead atoms. The number of halogens is 1. The van der Waals surface area contributed by atoms with Crippen molar-refractivity contribution in [1.29, 1.82) is 0 Å². The van der Waals surface area contributed by atoms with Gasteiger partial charge in [-0.05, 0) is 37.5 Å². The molecular weight excluding hydrogens is 477 g/mol. The van der Waals surface area contributed by atoms with Crippen molar-refractivity contribution in [3.8, 4) is 0 Å². The highest BCUT2D eigenvalue weighted by atomic mass is 127. The van der Waals surface area contributed by atoms with Crippen LogP contribution < -0.4 is 10.6 Å². The normalized spacial score (nSPS) is 11.7. The molecule has 0 aromatic heterocycles. The summed E-state index contributed by atoms with van der Waals surface area (Å²) in [5.41, 5.74) is 3.26. The van der Waals surface area contributed by atoms with Crippen molar-refractivity contribution in [3.63, 3.8) is 0 Å². The van der Waals surface area contributed by atoms with Crippen molar-refractivity contribution in [2.24, 2.45) is 4.99 Å². The highest BCUT2D eigenvalue weighted by Gasteiger charge is 2.16. The molecule has 0 heterocycles. The number of hydrogen-bond acceptors (Lipinski definition) is 3. The summed E-state index contributed by atoms with van der Waals surface area (Å²) in [7, 11) is 1.72. The van der Waals surface area contributed by atoms with E-state index in [4.69, 9.17) is 14.5 Å². The molecule has 0 unspecified atom stereocenters. The predicted molar refractivity (Wildman–Crippen MR) is 131 cm³/mol. The highest BCUT2D eigenvalue weighted by molar-refractivity contribution is 14.0. The molecule has 6 heteroatoms. The Labute approximate surface area is 192 Å². The van der Waals surface area contributed by atoms with Crippen LogP contribution in [0.4, 0.5) is 0 Å². The lowest BCUT2D eigenvalue weighted by atomic mass is 10.1. The standard InChI is InChI=1S/C23H33N3O2.HI/c1-5-24-22(26-18-23(2,3)27-4)25-15-20-13-9-10-14-21(20)17-28-16-19-11-7-6-8-12-19;/h6-14H,5,15-18H2,1-4H3,(H2,24,25,26);1H. The third-order valence-electron chi connectivity index (χ3n) is 4.47. The fourth-order valence-corrected chi connectivity index (χ4v) is 2.58. The van der Waals surface area contributed by atoms with Gasteiger partial charge < -0.3 is 20.1 Å². The topological polar surface area (TPSA) is 54.9 Å². The maximum Gasteiger partial charge on any atom is 0.191 e. The monoisotopic (exact) mass is 511 g/mol. The van der Waals surface area contributed by atoms with Gasteiger partial charge in [-0.15, -0.1) is 24.0 Å². The molecule has 2 rings (SSSR count). The van der Waals surface area contributed by atoms with Crippen molar-refractivity contribution < 1.29 is 9.47 Å². The van der Waals surface area contributed by atoms with Crippen molar-refractivity contribution >= 4 is 29.9 Å². The largest absolute Gasteiger partial charge is 0.377 e. The third-order valence-corrected chi connectivity index (χ3v) is 4.47. The molecule has 2 aromatic rings. The summed E-state index contributed by atoms with van der Waals surface area (Å²) >= 11 is 0. The van der Waals surface area contributed by atoms with Crippen LogP contribution in [-0.4, -0.2) is 31.8 Å². The first kappa shape index (κ1) is 25.4. The minimum absolute atomic E-state index is 0. The van der Waals surface area contributed by atoms with E-state index in [2.05, 4.69) is 41.8 Å². The Hall–Kier alpha value is -1.64. The van der Waals surface area contributed by atoms with Gasteiger partial charge in [-0.1, -0.05) is 54.6 Å². The van der Waals surface area contributed by atoms with E-state index < -0.39 is 0 Å². The molecule has 0 spiro atoms. The van der Waals surface area contributed by atoms with Crippen molar-refractivity contribution in [3.05, 3.63) is 71.3 Å². The highest BCUT2D eigenvalue weighted by Crippen LogP contribution is 2.13. The first-order valence-electron chi connectivity index (χ1n) is 9.80. The van der Waals surface area contributed by atoms with E-state index in [1.807, 2.05) is 44.2 Å². The van der Waals surface area contributed by atoms with Gasteiger partial charge in [-0.3, -0.25) is 0 Å². The molecule has 0 amide bonds. The zero-order valence-corrected chi connectivity index (χ0v) is 20.2. The summed E-state index contributed by atoms with van der Waals surface area (Å²) in [5, 5.41) is 6.63. The van der Waals surface area contributed by atoms with Gasteiger partial charge in [-0.2, -0.15) is 0 Å². The van der Waals surface area contributed by atoms with Crippen molar-refractivity contribution in [1.82, 2.24) is 10.6 Å². The average Bonchev–Trinajstić information content (AvgIpc) is 2.72. The van der Waals surface area contributed by atoms with Gasteiger partial charge in [0.2, 0.25) is 0 Å². The summed E-state index contributed by atoms with van der Waals surface area (Å²) in [6.07, 6.45) is 0. The van der Waals surface area contributed by atoms with Gasteiger partial charge in [0.1, 0.15) is 0 Å². The van der Waals surface area contributed by atoms with Crippen LogP contribution in [0, 0.1) is 0 Å². The number of rotatable bonds is 10. The van der Waals surface area contributed by atoms with Gasteiger partial charge in [0.05, 0.1) is 25.4 Å². The van der Waals surface area contributed by atoms with Gasteiger partial charge in [0.15, 0.2) is 5.96 Å². The summed E-state index contributed by atoms with van der Waals surface area (Å²) in [6.45, 7) is 9.40.